The molecule has 0 saturated carbocycles. The first-order chi connectivity index (χ1) is 12.4. The third-order valence-electron chi connectivity index (χ3n) is 5.37. The average molecular weight is 418 g/mol. The largest absolute Gasteiger partial charge is 0.412 e. The number of β-lactam (4-membered cyclic amide) rings is 1. The monoisotopic (exact) mass is 417 g/mol. The summed E-state index contributed by atoms with van der Waals surface area (Å²) in [5.41, 5.74) is 0.128. The summed E-state index contributed by atoms with van der Waals surface area (Å²) in [6, 6.07) is -0.259. The van der Waals surface area contributed by atoms with Crippen LogP contribution in [0.5, 0.6) is 0 Å². The van der Waals surface area contributed by atoms with Crippen molar-refractivity contribution < 1.29 is 30.3 Å². The highest BCUT2D eigenvalue weighted by Crippen LogP contribution is 2.52. The quantitative estimate of drug-likeness (QED) is 0.364. The van der Waals surface area contributed by atoms with E-state index in [0.29, 0.717) is 0 Å². The SMILES string of the molecule is C[C@@H](O)[C@H]1C(=O)N2C(C(=O)OO)=C(SC3CN(C4=NCCS4)C3)[C@H](C)[C@H]12.O. The van der Waals surface area contributed by atoms with Crippen LogP contribution in [0.2, 0.25) is 0 Å². The highest BCUT2D eigenvalue weighted by atomic mass is 32.2. The van der Waals surface area contributed by atoms with Gasteiger partial charge in [0, 0.05) is 34.9 Å². The third kappa shape index (κ3) is 3.15. The average Bonchev–Trinajstić information content (AvgIpc) is 3.15. The van der Waals surface area contributed by atoms with E-state index < -0.39 is 18.0 Å². The lowest BCUT2D eigenvalue weighted by Gasteiger charge is -2.46. The molecule has 9 nitrogen and oxygen atoms in total. The van der Waals surface area contributed by atoms with Crippen molar-refractivity contribution in [3.05, 3.63) is 10.6 Å². The lowest BCUT2D eigenvalue weighted by molar-refractivity contribution is -0.232. The molecule has 0 bridgehead atoms. The number of carbonyl (C=O) groups is 2. The molecular weight excluding hydrogens is 394 g/mol. The van der Waals surface area contributed by atoms with Crippen molar-refractivity contribution in [2.45, 2.75) is 31.2 Å². The van der Waals surface area contributed by atoms with Gasteiger partial charge < -0.3 is 20.4 Å². The Morgan fingerprint density at radius 3 is 2.70 bits per heavy atom. The minimum Gasteiger partial charge on any atom is -0.412 e. The molecule has 0 spiro atoms. The number of amidine groups is 1. The topological polar surface area (TPSA) is 134 Å². The van der Waals surface area contributed by atoms with Gasteiger partial charge >= 0.3 is 5.97 Å². The molecule has 0 aliphatic carbocycles. The van der Waals surface area contributed by atoms with Crippen molar-refractivity contribution >= 4 is 40.6 Å². The molecule has 11 heteroatoms. The number of fused-ring (bicyclic) bond motifs is 1. The smallest absolute Gasteiger partial charge is 0.389 e. The molecule has 4 aliphatic rings. The fourth-order valence-corrected chi connectivity index (χ4v) is 6.47. The van der Waals surface area contributed by atoms with Gasteiger partial charge in [0.2, 0.25) is 5.91 Å². The number of nitrogens with zero attached hydrogens (tertiary/aromatic N) is 3. The Bertz CT molecular complexity index is 706. The van der Waals surface area contributed by atoms with E-state index in [1.54, 1.807) is 30.4 Å². The zero-order valence-corrected chi connectivity index (χ0v) is 16.6. The highest BCUT2D eigenvalue weighted by Gasteiger charge is 2.60. The summed E-state index contributed by atoms with van der Waals surface area (Å²) in [6.07, 6.45) is -0.779. The van der Waals surface area contributed by atoms with E-state index in [1.165, 1.54) is 4.90 Å². The molecule has 2 saturated heterocycles. The van der Waals surface area contributed by atoms with Crippen LogP contribution in [0.1, 0.15) is 13.8 Å². The normalized spacial score (nSPS) is 31.0. The molecule has 4 aliphatic heterocycles. The molecule has 4 atom stereocenters. The predicted octanol–water partition coefficient (Wildman–Crippen LogP) is -0.233. The number of rotatable bonds is 4. The van der Waals surface area contributed by atoms with Gasteiger partial charge in [-0.05, 0) is 6.92 Å². The summed E-state index contributed by atoms with van der Waals surface area (Å²) in [4.78, 5) is 37.3. The molecule has 150 valence electrons. The molecule has 27 heavy (non-hydrogen) atoms. The van der Waals surface area contributed by atoms with Crippen molar-refractivity contribution in [2.75, 3.05) is 25.4 Å². The Balaban J connectivity index is 0.00000210. The van der Waals surface area contributed by atoms with E-state index >= 15 is 0 Å². The van der Waals surface area contributed by atoms with Crippen LogP contribution in [-0.2, 0) is 14.5 Å². The van der Waals surface area contributed by atoms with Crippen LogP contribution in [-0.4, -0.2) is 85.5 Å². The van der Waals surface area contributed by atoms with Gasteiger partial charge in [-0.1, -0.05) is 18.7 Å². The zero-order chi connectivity index (χ0) is 18.6. The maximum Gasteiger partial charge on any atom is 0.389 e. The van der Waals surface area contributed by atoms with Crippen LogP contribution >= 0.6 is 23.5 Å². The molecule has 1 amide bonds. The van der Waals surface area contributed by atoms with E-state index in [0.717, 1.165) is 35.5 Å². The summed E-state index contributed by atoms with van der Waals surface area (Å²) in [5.74, 6) is -0.783. The Labute approximate surface area is 165 Å². The van der Waals surface area contributed by atoms with Crippen molar-refractivity contribution in [3.8, 4) is 0 Å². The second-order valence-electron chi connectivity index (χ2n) is 7.00. The van der Waals surface area contributed by atoms with Gasteiger partial charge in [-0.2, -0.15) is 5.26 Å². The molecule has 4 rings (SSSR count). The van der Waals surface area contributed by atoms with Gasteiger partial charge in [-0.3, -0.25) is 14.7 Å². The number of amides is 1. The van der Waals surface area contributed by atoms with E-state index in [4.69, 9.17) is 5.26 Å². The fraction of sp³-hybridized carbons (Fsp3) is 0.688. The summed E-state index contributed by atoms with van der Waals surface area (Å²) in [7, 11) is 0. The number of hydrogen-bond donors (Lipinski definition) is 2. The third-order valence-corrected chi connectivity index (χ3v) is 7.85. The molecule has 0 radical (unpaired) electrons. The molecular formula is C16H23N3O6S2. The maximum absolute atomic E-state index is 12.4. The van der Waals surface area contributed by atoms with Gasteiger partial charge in [0.15, 0.2) is 5.17 Å². The summed E-state index contributed by atoms with van der Waals surface area (Å²) in [5, 5.41) is 20.2. The second-order valence-corrected chi connectivity index (χ2v) is 9.41. The predicted molar refractivity (Wildman–Crippen MR) is 102 cm³/mol. The lowest BCUT2D eigenvalue weighted by atomic mass is 9.79. The van der Waals surface area contributed by atoms with Crippen LogP contribution in [0.4, 0.5) is 0 Å². The Morgan fingerprint density at radius 2 is 2.15 bits per heavy atom. The minimum atomic E-state index is -0.911. The van der Waals surface area contributed by atoms with Crippen molar-refractivity contribution in [2.24, 2.45) is 16.8 Å². The summed E-state index contributed by atoms with van der Waals surface area (Å²) >= 11 is 3.33. The zero-order valence-electron chi connectivity index (χ0n) is 15.0. The lowest BCUT2D eigenvalue weighted by Crippen LogP contribution is -2.63. The van der Waals surface area contributed by atoms with Gasteiger partial charge in [0.1, 0.15) is 5.70 Å². The first-order valence-corrected chi connectivity index (χ1v) is 10.5. The van der Waals surface area contributed by atoms with Crippen molar-refractivity contribution in [1.29, 1.82) is 0 Å². The summed E-state index contributed by atoms with van der Waals surface area (Å²) < 4.78 is 0. The number of hydrogen-bond acceptors (Lipinski definition) is 9. The Kier molecular flexibility index (Phi) is 5.78. The van der Waals surface area contributed by atoms with Crippen LogP contribution < -0.4 is 0 Å². The van der Waals surface area contributed by atoms with Crippen LogP contribution in [0.3, 0.4) is 0 Å². The number of aliphatic hydroxyl groups is 1. The Hall–Kier alpha value is -1.27. The minimum absolute atomic E-state index is 0. The highest BCUT2D eigenvalue weighted by molar-refractivity contribution is 8.14. The molecule has 0 unspecified atom stereocenters. The van der Waals surface area contributed by atoms with E-state index in [-0.39, 0.29) is 34.3 Å². The Morgan fingerprint density at radius 1 is 1.44 bits per heavy atom. The summed E-state index contributed by atoms with van der Waals surface area (Å²) in [6.45, 7) is 6.08. The van der Waals surface area contributed by atoms with Gasteiger partial charge in [-0.25, -0.2) is 4.79 Å². The molecule has 0 aromatic carbocycles. The van der Waals surface area contributed by atoms with Crippen molar-refractivity contribution in [1.82, 2.24) is 9.80 Å². The standard InChI is InChI=1S/C16H21N3O5S2.H2O/c1-7-11-10(8(2)20)14(21)19(11)12(15(22)24-23)13(7)26-9-5-18(6-9)16-17-3-4-25-16;/h7-11,20,23H,3-6H2,1-2H3;1H2/t7-,8-,10-,11-;/m1./s1. The van der Waals surface area contributed by atoms with Gasteiger partial charge in [0.05, 0.1) is 24.6 Å². The number of carbonyl (C=O) groups excluding carboxylic acids is 2. The number of likely N-dealkylation sites (tertiary alicyclic amines) is 1. The molecule has 0 aromatic rings. The van der Waals surface area contributed by atoms with E-state index in [9.17, 15) is 14.7 Å². The van der Waals surface area contributed by atoms with E-state index in [2.05, 4.69) is 14.8 Å². The molecule has 2 fully saturated rings. The van der Waals surface area contributed by atoms with Crippen molar-refractivity contribution in [3.63, 3.8) is 0 Å². The number of aliphatic imine (C=N–C) groups is 1. The number of thioether (sulfide) groups is 2. The fourth-order valence-electron chi connectivity index (χ4n) is 4.08. The second kappa shape index (κ2) is 7.63. The van der Waals surface area contributed by atoms with Crippen LogP contribution in [0.25, 0.3) is 0 Å². The number of aliphatic hydroxyl groups excluding tert-OH is 1. The van der Waals surface area contributed by atoms with Gasteiger partial charge in [0.25, 0.3) is 0 Å². The molecule has 4 heterocycles. The van der Waals surface area contributed by atoms with Gasteiger partial charge in [-0.15, -0.1) is 11.8 Å². The maximum atomic E-state index is 12.4. The first-order valence-electron chi connectivity index (χ1n) is 8.64. The molecule has 0 aromatic heterocycles. The van der Waals surface area contributed by atoms with Crippen LogP contribution in [0, 0.1) is 11.8 Å². The first kappa shape index (κ1) is 20.5. The van der Waals surface area contributed by atoms with Crippen LogP contribution in [0.15, 0.2) is 15.6 Å². The van der Waals surface area contributed by atoms with E-state index in [1.807, 2.05) is 6.92 Å². The molecule has 4 N–H and O–H groups in total.